The van der Waals surface area contributed by atoms with Gasteiger partial charge in [-0.25, -0.2) is 9.97 Å². The van der Waals surface area contributed by atoms with Crippen LogP contribution in [0.2, 0.25) is 0 Å². The predicted molar refractivity (Wildman–Crippen MR) is 84.1 cm³/mol. The number of hydrogen-bond donors (Lipinski definition) is 2. The predicted octanol–water partition coefficient (Wildman–Crippen LogP) is 1.74. The molecule has 0 saturated carbocycles. The summed E-state index contributed by atoms with van der Waals surface area (Å²) < 4.78 is 0. The van der Waals surface area contributed by atoms with Gasteiger partial charge in [0.1, 0.15) is 17.5 Å². The van der Waals surface area contributed by atoms with Crippen LogP contribution in [0.3, 0.4) is 0 Å². The number of nitrogens with two attached hydrogens (primary N) is 1. The highest BCUT2D eigenvalue weighted by Crippen LogP contribution is 2.17. The van der Waals surface area contributed by atoms with Gasteiger partial charge in [-0.2, -0.15) is 0 Å². The van der Waals surface area contributed by atoms with Crippen molar-refractivity contribution in [3.63, 3.8) is 0 Å². The number of rotatable bonds is 5. The molecule has 1 aliphatic heterocycles. The number of amides is 1. The monoisotopic (exact) mass is 291 g/mol. The van der Waals surface area contributed by atoms with Crippen LogP contribution in [0, 0.1) is 6.92 Å². The molecular formula is C15H25N5O. The van der Waals surface area contributed by atoms with E-state index in [9.17, 15) is 4.79 Å². The Bertz CT molecular complexity index is 497. The summed E-state index contributed by atoms with van der Waals surface area (Å²) in [6.45, 7) is 6.27. The van der Waals surface area contributed by atoms with Gasteiger partial charge >= 0.3 is 0 Å². The first-order valence-corrected chi connectivity index (χ1v) is 7.76. The number of aromatic nitrogens is 2. The van der Waals surface area contributed by atoms with Crippen molar-refractivity contribution in [3.05, 3.63) is 11.4 Å². The van der Waals surface area contributed by atoms with Crippen molar-refractivity contribution < 1.29 is 4.79 Å². The molecule has 6 heteroatoms. The number of hydrogen-bond acceptors (Lipinski definition) is 5. The highest BCUT2D eigenvalue weighted by molar-refractivity contribution is 5.76. The first kappa shape index (κ1) is 15.5. The fraction of sp³-hybridized carbons (Fsp3) is 0.667. The summed E-state index contributed by atoms with van der Waals surface area (Å²) in [4.78, 5) is 22.7. The Hall–Kier alpha value is -1.85. The molecule has 0 unspecified atom stereocenters. The van der Waals surface area contributed by atoms with Crippen LogP contribution in [-0.2, 0) is 11.2 Å². The Morgan fingerprint density at radius 1 is 1.29 bits per heavy atom. The summed E-state index contributed by atoms with van der Waals surface area (Å²) in [6.07, 6.45) is 4.72. The van der Waals surface area contributed by atoms with Gasteiger partial charge in [0.05, 0.1) is 0 Å². The highest BCUT2D eigenvalue weighted by atomic mass is 16.2. The van der Waals surface area contributed by atoms with E-state index < -0.39 is 0 Å². The molecule has 1 aromatic rings. The maximum absolute atomic E-state index is 12.1. The third-order valence-corrected chi connectivity index (χ3v) is 3.89. The summed E-state index contributed by atoms with van der Waals surface area (Å²) in [5, 5.41) is 3.22. The van der Waals surface area contributed by atoms with E-state index in [2.05, 4.69) is 15.3 Å². The molecule has 21 heavy (non-hydrogen) atoms. The van der Waals surface area contributed by atoms with Gasteiger partial charge in [0.25, 0.3) is 0 Å². The first-order valence-electron chi connectivity index (χ1n) is 7.76. The van der Waals surface area contributed by atoms with E-state index in [1.165, 1.54) is 6.42 Å². The number of aryl methyl sites for hydroxylation is 1. The van der Waals surface area contributed by atoms with Gasteiger partial charge in [0, 0.05) is 38.0 Å². The molecule has 1 amide bonds. The molecule has 0 aromatic carbocycles. The fourth-order valence-corrected chi connectivity index (χ4v) is 2.50. The van der Waals surface area contributed by atoms with Crippen LogP contribution in [0.25, 0.3) is 0 Å². The van der Waals surface area contributed by atoms with E-state index >= 15 is 0 Å². The number of carbonyl (C=O) groups is 1. The SMILES string of the molecule is CCc1nc(N)c(C)c(NCCC(=O)N2CCCCC2)n1. The molecule has 1 fully saturated rings. The molecule has 0 atom stereocenters. The Balaban J connectivity index is 1.88. The largest absolute Gasteiger partial charge is 0.383 e. The maximum Gasteiger partial charge on any atom is 0.224 e. The molecular weight excluding hydrogens is 266 g/mol. The normalized spacial score (nSPS) is 15.0. The van der Waals surface area contributed by atoms with Gasteiger partial charge in [-0.15, -0.1) is 0 Å². The zero-order valence-electron chi connectivity index (χ0n) is 13.0. The highest BCUT2D eigenvalue weighted by Gasteiger charge is 2.16. The van der Waals surface area contributed by atoms with Crippen LogP contribution < -0.4 is 11.1 Å². The summed E-state index contributed by atoms with van der Waals surface area (Å²) >= 11 is 0. The lowest BCUT2D eigenvalue weighted by Crippen LogP contribution is -2.36. The molecule has 6 nitrogen and oxygen atoms in total. The number of likely N-dealkylation sites (tertiary alicyclic amines) is 1. The minimum atomic E-state index is 0.220. The van der Waals surface area contributed by atoms with Crippen molar-refractivity contribution in [1.29, 1.82) is 0 Å². The quantitative estimate of drug-likeness (QED) is 0.863. The molecule has 1 saturated heterocycles. The van der Waals surface area contributed by atoms with Crippen LogP contribution in [0.15, 0.2) is 0 Å². The van der Waals surface area contributed by atoms with Gasteiger partial charge in [-0.05, 0) is 26.2 Å². The molecule has 3 N–H and O–H groups in total. The lowest BCUT2D eigenvalue weighted by atomic mass is 10.1. The zero-order chi connectivity index (χ0) is 15.2. The third-order valence-electron chi connectivity index (χ3n) is 3.89. The lowest BCUT2D eigenvalue weighted by molar-refractivity contribution is -0.131. The topological polar surface area (TPSA) is 84.1 Å². The van der Waals surface area contributed by atoms with Crippen LogP contribution in [0.5, 0.6) is 0 Å². The van der Waals surface area contributed by atoms with Crippen molar-refractivity contribution in [3.8, 4) is 0 Å². The second kappa shape index (κ2) is 7.24. The second-order valence-corrected chi connectivity index (χ2v) is 5.47. The van der Waals surface area contributed by atoms with Gasteiger partial charge < -0.3 is 16.0 Å². The van der Waals surface area contributed by atoms with Crippen LogP contribution >= 0.6 is 0 Å². The van der Waals surface area contributed by atoms with Gasteiger partial charge in [0.15, 0.2) is 0 Å². The molecule has 0 spiro atoms. The average Bonchev–Trinajstić information content (AvgIpc) is 2.51. The lowest BCUT2D eigenvalue weighted by Gasteiger charge is -2.26. The Morgan fingerprint density at radius 2 is 2.00 bits per heavy atom. The molecule has 2 heterocycles. The molecule has 2 rings (SSSR count). The smallest absolute Gasteiger partial charge is 0.224 e. The van der Waals surface area contributed by atoms with E-state index in [4.69, 9.17) is 5.73 Å². The molecule has 116 valence electrons. The van der Waals surface area contributed by atoms with E-state index in [0.717, 1.165) is 49.6 Å². The summed E-state index contributed by atoms with van der Waals surface area (Å²) in [5.74, 6) is 2.19. The van der Waals surface area contributed by atoms with E-state index in [1.807, 2.05) is 18.7 Å². The number of piperidine rings is 1. The van der Waals surface area contributed by atoms with Crippen LogP contribution in [0.1, 0.15) is 44.0 Å². The minimum absolute atomic E-state index is 0.220. The maximum atomic E-state index is 12.1. The van der Waals surface area contributed by atoms with Crippen molar-refractivity contribution >= 4 is 17.5 Å². The van der Waals surface area contributed by atoms with Crippen molar-refractivity contribution in [2.45, 2.75) is 46.0 Å². The zero-order valence-corrected chi connectivity index (χ0v) is 13.0. The van der Waals surface area contributed by atoms with Crippen LogP contribution in [0.4, 0.5) is 11.6 Å². The van der Waals surface area contributed by atoms with E-state index in [1.54, 1.807) is 0 Å². The average molecular weight is 291 g/mol. The molecule has 1 aliphatic rings. The van der Waals surface area contributed by atoms with Crippen molar-refractivity contribution in [2.24, 2.45) is 0 Å². The van der Waals surface area contributed by atoms with Crippen molar-refractivity contribution in [1.82, 2.24) is 14.9 Å². The van der Waals surface area contributed by atoms with E-state index in [0.29, 0.717) is 18.8 Å². The summed E-state index contributed by atoms with van der Waals surface area (Å²) in [6, 6.07) is 0. The van der Waals surface area contributed by atoms with Gasteiger partial charge in [0.2, 0.25) is 5.91 Å². The number of nitrogens with zero attached hydrogens (tertiary/aromatic N) is 3. The van der Waals surface area contributed by atoms with Crippen LogP contribution in [-0.4, -0.2) is 40.4 Å². The number of carbonyl (C=O) groups excluding carboxylic acids is 1. The minimum Gasteiger partial charge on any atom is -0.383 e. The van der Waals surface area contributed by atoms with Crippen molar-refractivity contribution in [2.75, 3.05) is 30.7 Å². The number of nitrogens with one attached hydrogen (secondary N) is 1. The van der Waals surface area contributed by atoms with Gasteiger partial charge in [-0.3, -0.25) is 4.79 Å². The summed E-state index contributed by atoms with van der Waals surface area (Å²) in [5.41, 5.74) is 6.72. The molecule has 0 bridgehead atoms. The molecule has 1 aromatic heterocycles. The Kier molecular flexibility index (Phi) is 5.36. The fourth-order valence-electron chi connectivity index (χ4n) is 2.50. The number of anilines is 2. The number of nitrogen functional groups attached to an aromatic ring is 1. The first-order chi connectivity index (χ1) is 10.1. The third kappa shape index (κ3) is 4.06. The Labute approximate surface area is 126 Å². The van der Waals surface area contributed by atoms with E-state index in [-0.39, 0.29) is 5.91 Å². The molecule has 0 radical (unpaired) electrons. The summed E-state index contributed by atoms with van der Waals surface area (Å²) in [7, 11) is 0. The second-order valence-electron chi connectivity index (χ2n) is 5.47. The Morgan fingerprint density at radius 3 is 2.67 bits per heavy atom. The molecule has 0 aliphatic carbocycles. The van der Waals surface area contributed by atoms with Gasteiger partial charge in [-0.1, -0.05) is 6.92 Å². The standard InChI is InChI=1S/C15H25N5O/c1-3-12-18-14(16)11(2)15(19-12)17-8-7-13(21)20-9-5-4-6-10-20/h3-10H2,1-2H3,(H3,16,17,18,19).